The van der Waals surface area contributed by atoms with Crippen LogP contribution < -0.4 is 15.2 Å². The number of fused-ring (bicyclic) bond motifs is 1. The van der Waals surface area contributed by atoms with Gasteiger partial charge in [-0.25, -0.2) is 18.5 Å². The number of aliphatic imine (C=N–C) groups is 1. The van der Waals surface area contributed by atoms with Gasteiger partial charge in [-0.15, -0.1) is 0 Å². The Morgan fingerprint density at radius 3 is 2.59 bits per heavy atom. The highest BCUT2D eigenvalue weighted by molar-refractivity contribution is 9.10. The van der Waals surface area contributed by atoms with Gasteiger partial charge in [-0.2, -0.15) is 5.10 Å². The average Bonchev–Trinajstić information content (AvgIpc) is 3.46. The normalized spacial score (nSPS) is 12.4. The number of hydrogen-bond donors (Lipinski definition) is 2. The van der Waals surface area contributed by atoms with Crippen molar-refractivity contribution in [1.82, 2.24) is 14.8 Å². The molecule has 3 N–H and O–H groups in total. The van der Waals surface area contributed by atoms with Crippen LogP contribution in [0.2, 0.25) is 0 Å². The van der Waals surface area contributed by atoms with Crippen LogP contribution in [-0.2, 0) is 0 Å². The Kier molecular flexibility index (Phi) is 7.25. The van der Waals surface area contributed by atoms with E-state index in [0.717, 1.165) is 27.5 Å². The highest BCUT2D eigenvalue weighted by atomic mass is 79.9. The van der Waals surface area contributed by atoms with Crippen LogP contribution in [0, 0.1) is 11.6 Å². The summed E-state index contributed by atoms with van der Waals surface area (Å²) in [5.41, 5.74) is 8.64. The summed E-state index contributed by atoms with van der Waals surface area (Å²) in [5, 5.41) is 5.05. The molecule has 0 aliphatic carbocycles. The molecule has 4 rings (SSSR count). The van der Waals surface area contributed by atoms with Crippen molar-refractivity contribution in [3.8, 4) is 11.5 Å². The zero-order valence-electron chi connectivity index (χ0n) is 20.1. The number of carbonyl (C=O) groups excluding carboxylic acids is 1. The summed E-state index contributed by atoms with van der Waals surface area (Å²) < 4.78 is 40.7. The Balaban J connectivity index is 1.64. The van der Waals surface area contributed by atoms with E-state index in [4.69, 9.17) is 15.2 Å². The molecule has 0 radical (unpaired) electrons. The molecule has 0 unspecified atom stereocenters. The number of hydrogen-bond acceptors (Lipinski definition) is 6. The first-order chi connectivity index (χ1) is 17.6. The Morgan fingerprint density at radius 2 is 1.95 bits per heavy atom. The van der Waals surface area contributed by atoms with Crippen molar-refractivity contribution in [1.29, 1.82) is 0 Å². The Hall–Kier alpha value is -4.25. The quantitative estimate of drug-likeness (QED) is 0.115. The van der Waals surface area contributed by atoms with Gasteiger partial charge in [0.15, 0.2) is 11.6 Å². The summed E-state index contributed by atoms with van der Waals surface area (Å²) in [5.74, 6) is -2.09. The number of para-hydroxylation sites is 1. The summed E-state index contributed by atoms with van der Waals surface area (Å²) in [7, 11) is 1.56. The number of ketones is 1. The topological polar surface area (TPSA) is 108 Å². The molecule has 190 valence electrons. The summed E-state index contributed by atoms with van der Waals surface area (Å²) in [6.45, 7) is 6.81. The summed E-state index contributed by atoms with van der Waals surface area (Å²) in [6, 6.07) is 8.70. The summed E-state index contributed by atoms with van der Waals surface area (Å²) in [4.78, 5) is 20.0. The molecule has 11 heteroatoms. The molecule has 0 saturated carbocycles. The summed E-state index contributed by atoms with van der Waals surface area (Å²) >= 11 is 3.43. The van der Waals surface area contributed by atoms with E-state index in [0.29, 0.717) is 22.7 Å². The largest absolute Gasteiger partial charge is 0.496 e. The lowest BCUT2D eigenvalue weighted by atomic mass is 10.1. The minimum atomic E-state index is -0.879. The minimum Gasteiger partial charge on any atom is -0.496 e. The molecule has 4 aromatic rings. The van der Waals surface area contributed by atoms with Crippen molar-refractivity contribution in [2.75, 3.05) is 12.8 Å². The van der Waals surface area contributed by atoms with Crippen molar-refractivity contribution in [3.05, 3.63) is 87.5 Å². The third-order valence-corrected chi connectivity index (χ3v) is 6.32. The number of benzene rings is 2. The fraction of sp³-hybridized carbons (Fsp3) is 0.115. The summed E-state index contributed by atoms with van der Waals surface area (Å²) in [6.07, 6.45) is 2.80. The monoisotopic (exact) mass is 569 g/mol. The van der Waals surface area contributed by atoms with Crippen molar-refractivity contribution >= 4 is 50.8 Å². The third-order valence-electron chi connectivity index (χ3n) is 5.70. The van der Waals surface area contributed by atoms with Crippen LogP contribution in [0.15, 0.2) is 69.6 Å². The molecular weight excluding hydrogens is 548 g/mol. The molecule has 0 saturated heterocycles. The van der Waals surface area contributed by atoms with E-state index < -0.39 is 17.4 Å². The molecule has 8 nitrogen and oxygen atoms in total. The second-order valence-electron chi connectivity index (χ2n) is 8.00. The van der Waals surface area contributed by atoms with E-state index in [9.17, 15) is 13.6 Å². The van der Waals surface area contributed by atoms with Crippen molar-refractivity contribution < 1.29 is 23.0 Å². The van der Waals surface area contributed by atoms with Crippen LogP contribution in [0.25, 0.3) is 16.6 Å². The van der Waals surface area contributed by atoms with E-state index in [2.05, 4.69) is 37.7 Å². The van der Waals surface area contributed by atoms with Gasteiger partial charge in [0.1, 0.15) is 11.6 Å². The van der Waals surface area contributed by atoms with Gasteiger partial charge >= 0.3 is 0 Å². The van der Waals surface area contributed by atoms with Crippen molar-refractivity contribution in [2.45, 2.75) is 13.8 Å². The van der Waals surface area contributed by atoms with Crippen LogP contribution in [-0.4, -0.2) is 34.4 Å². The fourth-order valence-electron chi connectivity index (χ4n) is 3.61. The van der Waals surface area contributed by atoms with Crippen LogP contribution in [0.1, 0.15) is 29.9 Å². The van der Waals surface area contributed by atoms with Gasteiger partial charge in [-0.05, 0) is 72.4 Å². The lowest BCUT2D eigenvalue weighted by molar-refractivity contribution is 0.103. The number of rotatable bonds is 8. The van der Waals surface area contributed by atoms with E-state index in [1.165, 1.54) is 23.0 Å². The molecule has 0 spiro atoms. The molecule has 0 amide bonds. The number of carbonyl (C=O) groups is 1. The van der Waals surface area contributed by atoms with Crippen LogP contribution >= 0.6 is 15.9 Å². The number of aromatic nitrogens is 3. The Bertz CT molecular complexity index is 1580. The second kappa shape index (κ2) is 10.4. The van der Waals surface area contributed by atoms with Gasteiger partial charge in [-0.1, -0.05) is 6.07 Å². The SMILES string of the molecule is C=N/C(=C\C(C)=C(/C)n1ncc(C(=O)c2cc3cc(OC)c(Br)cc3[nH]2)c1N)Oc1c(F)cccc1F. The zero-order chi connectivity index (χ0) is 26.9. The number of halogens is 3. The van der Waals surface area contributed by atoms with Crippen LogP contribution in [0.3, 0.4) is 0 Å². The highest BCUT2D eigenvalue weighted by Crippen LogP contribution is 2.31. The molecule has 0 fully saturated rings. The number of H-pyrrole nitrogens is 1. The predicted molar refractivity (Wildman–Crippen MR) is 142 cm³/mol. The smallest absolute Gasteiger partial charge is 0.219 e. The van der Waals surface area contributed by atoms with E-state index in [1.807, 2.05) is 12.1 Å². The maximum atomic E-state index is 14.0. The molecule has 2 heterocycles. The standard InChI is InChI=1S/C26H22BrF2N5O3/c1-13(8-23(31-3)37-25-18(28)6-5-7-19(25)29)14(2)34-26(30)16(12-32-34)24(35)21-9-15-10-22(36-4)17(27)11-20(15)33-21/h5-12,33H,3,30H2,1-2,4H3/b14-13+,23-8+. The van der Waals surface area contributed by atoms with E-state index in [1.54, 1.807) is 27.0 Å². The maximum Gasteiger partial charge on any atom is 0.219 e. The zero-order valence-corrected chi connectivity index (χ0v) is 21.7. The minimum absolute atomic E-state index is 0.113. The first-order valence-electron chi connectivity index (χ1n) is 10.9. The molecule has 2 aromatic carbocycles. The third kappa shape index (κ3) is 5.03. The fourth-order valence-corrected chi connectivity index (χ4v) is 4.11. The molecule has 0 atom stereocenters. The van der Waals surface area contributed by atoms with Gasteiger partial charge < -0.3 is 20.2 Å². The van der Waals surface area contributed by atoms with E-state index in [-0.39, 0.29) is 23.0 Å². The van der Waals surface area contributed by atoms with Gasteiger partial charge in [0.05, 0.1) is 29.0 Å². The number of allylic oxidation sites excluding steroid dienone is 3. The second-order valence-corrected chi connectivity index (χ2v) is 8.86. The van der Waals surface area contributed by atoms with E-state index >= 15 is 0 Å². The number of nitrogens with one attached hydrogen (secondary N) is 1. The number of nitrogen functional groups attached to an aromatic ring is 1. The van der Waals surface area contributed by atoms with Crippen molar-refractivity contribution in [3.63, 3.8) is 0 Å². The molecular formula is C26H22BrF2N5O3. The number of methoxy groups -OCH3 is 1. The number of nitrogens with zero attached hydrogens (tertiary/aromatic N) is 3. The lowest BCUT2D eigenvalue weighted by Gasteiger charge is -2.10. The Labute approximate surface area is 219 Å². The van der Waals surface area contributed by atoms with Crippen LogP contribution in [0.5, 0.6) is 11.5 Å². The number of aromatic amines is 1. The van der Waals surface area contributed by atoms with Crippen molar-refractivity contribution in [2.24, 2.45) is 4.99 Å². The van der Waals surface area contributed by atoms with Crippen LogP contribution in [0.4, 0.5) is 14.6 Å². The molecule has 0 aliphatic heterocycles. The van der Waals surface area contributed by atoms with Gasteiger partial charge in [0.25, 0.3) is 0 Å². The van der Waals surface area contributed by atoms with Gasteiger partial charge in [0, 0.05) is 22.7 Å². The molecule has 37 heavy (non-hydrogen) atoms. The Morgan fingerprint density at radius 1 is 1.24 bits per heavy atom. The average molecular weight is 570 g/mol. The number of nitrogens with two attached hydrogens (primary N) is 1. The first kappa shape index (κ1) is 25.8. The first-order valence-corrected chi connectivity index (χ1v) is 11.7. The van der Waals surface area contributed by atoms with Gasteiger partial charge in [-0.3, -0.25) is 4.79 Å². The number of anilines is 1. The molecule has 0 aliphatic rings. The predicted octanol–water partition coefficient (Wildman–Crippen LogP) is 6.10. The molecule has 0 bridgehead atoms. The molecule has 2 aromatic heterocycles. The number of ether oxygens (including phenoxy) is 2. The lowest BCUT2D eigenvalue weighted by Crippen LogP contribution is -2.08. The maximum absolute atomic E-state index is 14.0. The van der Waals surface area contributed by atoms with Gasteiger partial charge in [0.2, 0.25) is 17.4 Å². The highest BCUT2D eigenvalue weighted by Gasteiger charge is 2.21.